The highest BCUT2D eigenvalue weighted by molar-refractivity contribution is 5.87. The van der Waals surface area contributed by atoms with Gasteiger partial charge in [0.15, 0.2) is 0 Å². The van der Waals surface area contributed by atoms with E-state index in [1.54, 1.807) is 0 Å². The average Bonchev–Trinajstić information content (AvgIpc) is 3.12. The van der Waals surface area contributed by atoms with E-state index >= 15 is 0 Å². The number of nitrogens with zero attached hydrogens (tertiary/aromatic N) is 1. The third kappa shape index (κ3) is 3.79. The number of nitrogens with one attached hydrogen (secondary N) is 1. The lowest BCUT2D eigenvalue weighted by molar-refractivity contribution is -0.134. The first-order valence-corrected chi connectivity index (χ1v) is 9.37. The van der Waals surface area contributed by atoms with Crippen LogP contribution in [0.25, 0.3) is 0 Å². The van der Waals surface area contributed by atoms with Gasteiger partial charge in [0.05, 0.1) is 5.92 Å². The number of amides is 1. The van der Waals surface area contributed by atoms with Gasteiger partial charge >= 0.3 is 0 Å². The fraction of sp³-hybridized carbons (Fsp3) is 0.409. The highest BCUT2D eigenvalue weighted by atomic mass is 35.5. The molecule has 4 heteroatoms. The van der Waals surface area contributed by atoms with Gasteiger partial charge in [0.25, 0.3) is 0 Å². The molecule has 4 rings (SSSR count). The first-order chi connectivity index (χ1) is 12.3. The number of piperidine rings is 1. The Kier molecular flexibility index (Phi) is 6.00. The molecule has 1 amide bonds. The number of hydrogen-bond donors (Lipinski definition) is 1. The van der Waals surface area contributed by atoms with Gasteiger partial charge in [-0.05, 0) is 42.3 Å². The summed E-state index contributed by atoms with van der Waals surface area (Å²) >= 11 is 0. The number of benzene rings is 2. The van der Waals surface area contributed by atoms with E-state index in [1.165, 1.54) is 6.42 Å². The van der Waals surface area contributed by atoms with E-state index in [-0.39, 0.29) is 24.2 Å². The number of likely N-dealkylation sites (tertiary alicyclic amines) is 1. The zero-order valence-electron chi connectivity index (χ0n) is 15.1. The lowest BCUT2D eigenvalue weighted by Crippen LogP contribution is -2.45. The smallest absolute Gasteiger partial charge is 0.234 e. The molecule has 138 valence electrons. The predicted molar refractivity (Wildman–Crippen MR) is 108 cm³/mol. The van der Waals surface area contributed by atoms with Crippen LogP contribution in [0.5, 0.6) is 0 Å². The molecule has 2 aromatic rings. The Hall–Kier alpha value is -1.84. The molecule has 3 nitrogen and oxygen atoms in total. The molecule has 0 radical (unpaired) electrons. The van der Waals surface area contributed by atoms with Gasteiger partial charge in [-0.15, -0.1) is 12.4 Å². The minimum Gasteiger partial charge on any atom is -0.342 e. The van der Waals surface area contributed by atoms with Crippen molar-refractivity contribution < 1.29 is 4.79 Å². The molecule has 2 aliphatic rings. The van der Waals surface area contributed by atoms with Crippen LogP contribution in [0.15, 0.2) is 60.7 Å². The highest BCUT2D eigenvalue weighted by Crippen LogP contribution is 2.38. The normalized spacial score (nSPS) is 18.7. The summed E-state index contributed by atoms with van der Waals surface area (Å²) in [5.41, 5.74) is 2.61. The van der Waals surface area contributed by atoms with Gasteiger partial charge in [0, 0.05) is 19.6 Å². The summed E-state index contributed by atoms with van der Waals surface area (Å²) in [6, 6.07) is 20.4. The Bertz CT molecular complexity index is 664. The van der Waals surface area contributed by atoms with Crippen molar-refractivity contribution in [3.8, 4) is 0 Å². The Morgan fingerprint density at radius 3 is 1.88 bits per heavy atom. The van der Waals surface area contributed by atoms with Crippen LogP contribution >= 0.6 is 12.4 Å². The van der Waals surface area contributed by atoms with Gasteiger partial charge < -0.3 is 10.2 Å². The third-order valence-electron chi connectivity index (χ3n) is 5.98. The molecule has 0 aliphatic carbocycles. The molecule has 2 aromatic carbocycles. The minimum absolute atomic E-state index is 0. The molecule has 1 N–H and O–H groups in total. The van der Waals surface area contributed by atoms with Crippen LogP contribution in [0, 0.1) is 5.41 Å². The molecule has 0 unspecified atom stereocenters. The van der Waals surface area contributed by atoms with Crippen molar-refractivity contribution in [2.45, 2.75) is 25.2 Å². The molecule has 0 bridgehead atoms. The van der Waals surface area contributed by atoms with E-state index in [9.17, 15) is 4.79 Å². The summed E-state index contributed by atoms with van der Waals surface area (Å²) in [5.74, 6) is 0.0522. The first kappa shape index (κ1) is 18.9. The number of rotatable bonds is 3. The summed E-state index contributed by atoms with van der Waals surface area (Å²) in [4.78, 5) is 15.5. The van der Waals surface area contributed by atoms with Crippen molar-refractivity contribution in [2.24, 2.45) is 5.41 Å². The molecule has 2 heterocycles. The van der Waals surface area contributed by atoms with Gasteiger partial charge in [-0.25, -0.2) is 0 Å². The van der Waals surface area contributed by atoms with E-state index in [4.69, 9.17) is 0 Å². The molecule has 2 aliphatic heterocycles. The molecule has 0 saturated carbocycles. The molecular weight excluding hydrogens is 344 g/mol. The van der Waals surface area contributed by atoms with Crippen molar-refractivity contribution in [1.29, 1.82) is 0 Å². The number of hydrogen-bond acceptors (Lipinski definition) is 2. The summed E-state index contributed by atoms with van der Waals surface area (Å²) < 4.78 is 0. The maximum atomic E-state index is 13.4. The Morgan fingerprint density at radius 2 is 1.42 bits per heavy atom. The lowest BCUT2D eigenvalue weighted by atomic mass is 9.77. The summed E-state index contributed by atoms with van der Waals surface area (Å²) in [7, 11) is 0. The number of halogens is 1. The van der Waals surface area contributed by atoms with Crippen LogP contribution in [0.1, 0.15) is 36.3 Å². The standard InChI is InChI=1S/C22H26N2O.ClH/c25-21(24-15-12-22(13-16-24)11-14-23-17-22)20(18-7-3-1-4-8-18)19-9-5-2-6-10-19;/h1-10,20,23H,11-17H2;1H. The molecule has 0 aromatic heterocycles. The van der Waals surface area contributed by atoms with Crippen LogP contribution in [0.4, 0.5) is 0 Å². The largest absolute Gasteiger partial charge is 0.342 e. The van der Waals surface area contributed by atoms with Crippen molar-refractivity contribution in [1.82, 2.24) is 10.2 Å². The quantitative estimate of drug-likeness (QED) is 0.890. The summed E-state index contributed by atoms with van der Waals surface area (Å²) in [6.45, 7) is 4.02. The second-order valence-corrected chi connectivity index (χ2v) is 7.51. The van der Waals surface area contributed by atoms with Crippen molar-refractivity contribution in [3.05, 3.63) is 71.8 Å². The van der Waals surface area contributed by atoms with E-state index < -0.39 is 0 Å². The number of carbonyl (C=O) groups excluding carboxylic acids is 1. The molecule has 26 heavy (non-hydrogen) atoms. The molecule has 1 spiro atoms. The zero-order chi connectivity index (χ0) is 17.1. The monoisotopic (exact) mass is 370 g/mol. The molecule has 2 fully saturated rings. The van der Waals surface area contributed by atoms with Crippen LogP contribution in [0.2, 0.25) is 0 Å². The molecule has 2 saturated heterocycles. The summed E-state index contributed by atoms with van der Waals surface area (Å²) in [5, 5.41) is 3.50. The van der Waals surface area contributed by atoms with Crippen LogP contribution in [-0.2, 0) is 4.79 Å². The van der Waals surface area contributed by atoms with Crippen molar-refractivity contribution in [2.75, 3.05) is 26.2 Å². The Balaban J connectivity index is 0.00000196. The van der Waals surface area contributed by atoms with Crippen LogP contribution in [0.3, 0.4) is 0 Å². The predicted octanol–water partition coefficient (Wildman–Crippen LogP) is 3.84. The van der Waals surface area contributed by atoms with E-state index in [0.717, 1.165) is 50.1 Å². The second-order valence-electron chi connectivity index (χ2n) is 7.51. The van der Waals surface area contributed by atoms with E-state index in [2.05, 4.69) is 34.5 Å². The average molecular weight is 371 g/mol. The summed E-state index contributed by atoms with van der Waals surface area (Å²) in [6.07, 6.45) is 3.51. The van der Waals surface area contributed by atoms with Gasteiger partial charge in [0.1, 0.15) is 0 Å². The second kappa shape index (κ2) is 8.24. The highest BCUT2D eigenvalue weighted by Gasteiger charge is 2.39. The van der Waals surface area contributed by atoms with Crippen molar-refractivity contribution in [3.63, 3.8) is 0 Å². The zero-order valence-corrected chi connectivity index (χ0v) is 15.9. The fourth-order valence-corrected chi connectivity index (χ4v) is 4.37. The van der Waals surface area contributed by atoms with Crippen LogP contribution < -0.4 is 5.32 Å². The minimum atomic E-state index is -0.196. The van der Waals surface area contributed by atoms with Gasteiger partial charge in [-0.3, -0.25) is 4.79 Å². The van der Waals surface area contributed by atoms with Gasteiger partial charge in [0.2, 0.25) is 5.91 Å². The number of carbonyl (C=O) groups is 1. The van der Waals surface area contributed by atoms with Crippen LogP contribution in [-0.4, -0.2) is 37.0 Å². The SMILES string of the molecule is Cl.O=C(C(c1ccccc1)c1ccccc1)N1CCC2(CCNC2)CC1. The fourth-order valence-electron chi connectivity index (χ4n) is 4.37. The van der Waals surface area contributed by atoms with Crippen molar-refractivity contribution >= 4 is 18.3 Å². The topological polar surface area (TPSA) is 32.3 Å². The maximum absolute atomic E-state index is 13.4. The Labute approximate surface area is 162 Å². The molecule has 0 atom stereocenters. The van der Waals surface area contributed by atoms with Gasteiger partial charge in [-0.2, -0.15) is 0 Å². The first-order valence-electron chi connectivity index (χ1n) is 9.37. The van der Waals surface area contributed by atoms with E-state index in [0.29, 0.717) is 5.41 Å². The maximum Gasteiger partial charge on any atom is 0.234 e. The lowest BCUT2D eigenvalue weighted by Gasteiger charge is -2.40. The molecular formula is C22H27ClN2O. The third-order valence-corrected chi connectivity index (χ3v) is 5.98. The van der Waals surface area contributed by atoms with Gasteiger partial charge in [-0.1, -0.05) is 60.7 Å². The Morgan fingerprint density at radius 1 is 0.885 bits per heavy atom. The van der Waals surface area contributed by atoms with E-state index in [1.807, 2.05) is 36.4 Å².